The highest BCUT2D eigenvalue weighted by molar-refractivity contribution is 6.04. The first-order valence-corrected chi connectivity index (χ1v) is 10.7. The van der Waals surface area contributed by atoms with Gasteiger partial charge in [-0.2, -0.15) is 18.2 Å². The lowest BCUT2D eigenvalue weighted by Crippen LogP contribution is -2.13. The van der Waals surface area contributed by atoms with E-state index in [1.54, 1.807) is 30.3 Å². The number of benzene rings is 3. The summed E-state index contributed by atoms with van der Waals surface area (Å²) in [5.74, 6) is 0.0543. The van der Waals surface area contributed by atoms with Gasteiger partial charge in [0.1, 0.15) is 17.0 Å². The van der Waals surface area contributed by atoms with Crippen LogP contribution in [0.15, 0.2) is 71.1 Å². The van der Waals surface area contributed by atoms with Gasteiger partial charge in [-0.25, -0.2) is 0 Å². The number of nitrogens with one attached hydrogen (secondary N) is 2. The molecule has 0 bridgehead atoms. The van der Waals surface area contributed by atoms with E-state index in [2.05, 4.69) is 15.6 Å². The highest BCUT2D eigenvalue weighted by atomic mass is 19.4. The Morgan fingerprint density at radius 1 is 0.943 bits per heavy atom. The largest absolute Gasteiger partial charge is 0.457 e. The number of aromatic nitrogens is 1. The Morgan fingerprint density at radius 3 is 2.49 bits per heavy atom. The summed E-state index contributed by atoms with van der Waals surface area (Å²) in [6.07, 6.45) is -2.79. The summed E-state index contributed by atoms with van der Waals surface area (Å²) < 4.78 is 50.2. The molecule has 178 valence electrons. The molecule has 0 unspecified atom stereocenters. The van der Waals surface area contributed by atoms with Gasteiger partial charge in [0.15, 0.2) is 5.58 Å². The van der Waals surface area contributed by atoms with Crippen LogP contribution in [0.1, 0.15) is 28.8 Å². The van der Waals surface area contributed by atoms with E-state index in [1.165, 1.54) is 24.3 Å². The monoisotopic (exact) mass is 481 g/mol. The van der Waals surface area contributed by atoms with Gasteiger partial charge < -0.3 is 14.5 Å². The molecule has 0 aliphatic heterocycles. The molecule has 1 aliphatic carbocycles. The average Bonchev–Trinajstić information content (AvgIpc) is 3.60. The van der Waals surface area contributed by atoms with Gasteiger partial charge in [0.2, 0.25) is 5.91 Å². The van der Waals surface area contributed by atoms with Crippen LogP contribution in [0.5, 0.6) is 11.5 Å². The minimum atomic E-state index is -4.51. The summed E-state index contributed by atoms with van der Waals surface area (Å²) in [7, 11) is 0. The molecule has 5 rings (SSSR count). The molecular weight excluding hydrogens is 463 g/mol. The Morgan fingerprint density at radius 2 is 1.71 bits per heavy atom. The lowest BCUT2D eigenvalue weighted by Gasteiger charge is -2.11. The van der Waals surface area contributed by atoms with Crippen molar-refractivity contribution in [1.29, 1.82) is 0 Å². The third-order valence-electron chi connectivity index (χ3n) is 5.32. The van der Waals surface area contributed by atoms with E-state index >= 15 is 0 Å². The Labute approximate surface area is 196 Å². The van der Waals surface area contributed by atoms with E-state index < -0.39 is 17.6 Å². The van der Waals surface area contributed by atoms with Crippen molar-refractivity contribution in [3.8, 4) is 11.5 Å². The zero-order valence-corrected chi connectivity index (χ0v) is 18.1. The van der Waals surface area contributed by atoms with E-state index in [-0.39, 0.29) is 29.1 Å². The van der Waals surface area contributed by atoms with Crippen LogP contribution in [-0.2, 0) is 11.0 Å². The molecule has 4 aromatic rings. The second-order valence-corrected chi connectivity index (χ2v) is 8.07. The highest BCUT2D eigenvalue weighted by Crippen LogP contribution is 2.32. The molecule has 0 spiro atoms. The molecular formula is C25H18F3N3O4. The number of anilines is 2. The highest BCUT2D eigenvalue weighted by Gasteiger charge is 2.31. The maximum absolute atomic E-state index is 12.9. The normalized spacial score (nSPS) is 13.5. The van der Waals surface area contributed by atoms with Crippen LogP contribution in [0.2, 0.25) is 0 Å². The molecule has 2 N–H and O–H groups in total. The summed E-state index contributed by atoms with van der Waals surface area (Å²) in [5, 5.41) is 5.11. The van der Waals surface area contributed by atoms with Gasteiger partial charge >= 0.3 is 12.2 Å². The van der Waals surface area contributed by atoms with Crippen molar-refractivity contribution in [3.05, 3.63) is 77.9 Å². The number of hydrogen-bond acceptors (Lipinski definition) is 5. The standard InChI is InChI=1S/C25H18F3N3O4/c26-25(27,28)16-4-2-5-17(12-16)29-23(33)15-3-1-6-18(11-15)34-19-9-10-20-21(13-19)35-24(30-20)31-22(32)14-7-8-14/h1-6,9-14H,7-8H2,(H,29,33)(H,30,31,32). The third-order valence-corrected chi connectivity index (χ3v) is 5.32. The zero-order chi connectivity index (χ0) is 24.6. The molecule has 0 atom stereocenters. The lowest BCUT2D eigenvalue weighted by atomic mass is 10.1. The Kier molecular flexibility index (Phi) is 5.64. The molecule has 1 saturated carbocycles. The van der Waals surface area contributed by atoms with Crippen LogP contribution in [0.4, 0.5) is 24.9 Å². The topological polar surface area (TPSA) is 93.5 Å². The summed E-state index contributed by atoms with van der Waals surface area (Å²) in [4.78, 5) is 28.7. The van der Waals surface area contributed by atoms with Crippen LogP contribution in [0.25, 0.3) is 11.1 Å². The second-order valence-electron chi connectivity index (χ2n) is 8.07. The molecule has 0 saturated heterocycles. The van der Waals surface area contributed by atoms with Crippen LogP contribution < -0.4 is 15.4 Å². The lowest BCUT2D eigenvalue weighted by molar-refractivity contribution is -0.137. The molecule has 0 radical (unpaired) electrons. The Hall–Kier alpha value is -4.34. The number of hydrogen-bond donors (Lipinski definition) is 2. The summed E-state index contributed by atoms with van der Waals surface area (Å²) in [6, 6.07) is 15.7. The summed E-state index contributed by atoms with van der Waals surface area (Å²) in [6.45, 7) is 0. The predicted octanol–water partition coefficient (Wildman–Crippen LogP) is 6.24. The van der Waals surface area contributed by atoms with Gasteiger partial charge in [-0.15, -0.1) is 0 Å². The van der Waals surface area contributed by atoms with E-state index in [0.29, 0.717) is 22.6 Å². The minimum absolute atomic E-state index is 0.0157. The van der Waals surface area contributed by atoms with Gasteiger partial charge in [-0.3, -0.25) is 14.9 Å². The quantitative estimate of drug-likeness (QED) is 0.340. The van der Waals surface area contributed by atoms with Crippen molar-refractivity contribution in [3.63, 3.8) is 0 Å². The number of ether oxygens (including phenoxy) is 1. The van der Waals surface area contributed by atoms with Crippen LogP contribution in [0, 0.1) is 5.92 Å². The molecule has 35 heavy (non-hydrogen) atoms. The van der Waals surface area contributed by atoms with Gasteiger partial charge in [0.25, 0.3) is 5.91 Å². The maximum atomic E-state index is 12.9. The molecule has 10 heteroatoms. The first kappa shape index (κ1) is 22.5. The fraction of sp³-hybridized carbons (Fsp3) is 0.160. The Balaban J connectivity index is 1.29. The van der Waals surface area contributed by atoms with Crippen molar-refractivity contribution in [2.75, 3.05) is 10.6 Å². The van der Waals surface area contributed by atoms with Gasteiger partial charge in [0, 0.05) is 23.2 Å². The van der Waals surface area contributed by atoms with E-state index in [1.807, 2.05) is 0 Å². The maximum Gasteiger partial charge on any atom is 0.416 e. The second kappa shape index (κ2) is 8.79. The van der Waals surface area contributed by atoms with Crippen molar-refractivity contribution < 1.29 is 31.9 Å². The molecule has 3 aromatic carbocycles. The van der Waals surface area contributed by atoms with E-state index in [9.17, 15) is 22.8 Å². The van der Waals surface area contributed by atoms with Crippen molar-refractivity contribution in [2.45, 2.75) is 19.0 Å². The number of amides is 2. The van der Waals surface area contributed by atoms with E-state index in [4.69, 9.17) is 9.15 Å². The van der Waals surface area contributed by atoms with Crippen LogP contribution >= 0.6 is 0 Å². The van der Waals surface area contributed by atoms with Crippen LogP contribution in [0.3, 0.4) is 0 Å². The molecule has 2 amide bonds. The fourth-order valence-corrected chi connectivity index (χ4v) is 3.39. The van der Waals surface area contributed by atoms with Crippen molar-refractivity contribution in [1.82, 2.24) is 4.98 Å². The number of fused-ring (bicyclic) bond motifs is 1. The number of carbonyl (C=O) groups is 2. The van der Waals surface area contributed by atoms with Crippen LogP contribution in [-0.4, -0.2) is 16.8 Å². The van der Waals surface area contributed by atoms with Gasteiger partial charge in [-0.05, 0) is 61.4 Å². The number of oxazole rings is 1. The van der Waals surface area contributed by atoms with Gasteiger partial charge in [0.05, 0.1) is 5.56 Å². The molecule has 7 nitrogen and oxygen atoms in total. The van der Waals surface area contributed by atoms with Gasteiger partial charge in [-0.1, -0.05) is 12.1 Å². The number of nitrogens with zero attached hydrogens (tertiary/aromatic N) is 1. The molecule has 1 aliphatic rings. The number of alkyl halides is 3. The van der Waals surface area contributed by atoms with E-state index in [0.717, 1.165) is 25.0 Å². The first-order valence-electron chi connectivity index (χ1n) is 10.7. The smallest absolute Gasteiger partial charge is 0.416 e. The summed E-state index contributed by atoms with van der Waals surface area (Å²) in [5.41, 5.74) is 0.317. The molecule has 1 aromatic heterocycles. The number of rotatable bonds is 6. The fourth-order valence-electron chi connectivity index (χ4n) is 3.39. The number of halogens is 3. The average molecular weight is 481 g/mol. The first-order chi connectivity index (χ1) is 16.7. The van der Waals surface area contributed by atoms with Crippen molar-refractivity contribution in [2.24, 2.45) is 5.92 Å². The summed E-state index contributed by atoms with van der Waals surface area (Å²) >= 11 is 0. The third kappa shape index (κ3) is 5.26. The minimum Gasteiger partial charge on any atom is -0.457 e. The zero-order valence-electron chi connectivity index (χ0n) is 18.1. The predicted molar refractivity (Wildman–Crippen MR) is 121 cm³/mol. The Bertz CT molecular complexity index is 1430. The van der Waals surface area contributed by atoms with Crippen molar-refractivity contribution >= 4 is 34.6 Å². The molecule has 1 heterocycles. The SMILES string of the molecule is O=C(Nc1cccc(C(F)(F)F)c1)c1cccc(Oc2ccc3nc(NC(=O)C4CC4)oc3c2)c1. The molecule has 1 fully saturated rings. The number of carbonyl (C=O) groups excluding carboxylic acids is 2.